The van der Waals surface area contributed by atoms with Crippen molar-refractivity contribution in [1.82, 2.24) is 9.97 Å². The summed E-state index contributed by atoms with van der Waals surface area (Å²) in [4.78, 5) is 19.1. The van der Waals surface area contributed by atoms with Crippen molar-refractivity contribution >= 4 is 21.9 Å². The Hall–Kier alpha value is -1.75. The van der Waals surface area contributed by atoms with E-state index >= 15 is 0 Å². The Morgan fingerprint density at radius 1 is 1.28 bits per heavy atom. The molecule has 0 saturated carbocycles. The van der Waals surface area contributed by atoms with E-state index in [2.05, 4.69) is 25.9 Å². The van der Waals surface area contributed by atoms with Crippen molar-refractivity contribution in [3.05, 3.63) is 46.3 Å². The molecule has 2 aromatic rings. The maximum absolute atomic E-state index is 10.7. The highest BCUT2D eigenvalue weighted by atomic mass is 79.9. The van der Waals surface area contributed by atoms with Crippen LogP contribution in [0.2, 0.25) is 0 Å². The normalized spacial score (nSPS) is 10.3. The Morgan fingerprint density at radius 2 is 1.94 bits per heavy atom. The summed E-state index contributed by atoms with van der Waals surface area (Å²) < 4.78 is 0.989. The number of hydrogen-bond donors (Lipinski definition) is 1. The smallest absolute Gasteiger partial charge is 0.311 e. The van der Waals surface area contributed by atoms with Crippen LogP contribution in [0.1, 0.15) is 11.5 Å². The lowest BCUT2D eigenvalue weighted by atomic mass is 10.1. The minimum atomic E-state index is -0.928. The molecule has 1 heterocycles. The second-order valence-electron chi connectivity index (χ2n) is 3.89. The van der Waals surface area contributed by atoms with Gasteiger partial charge < -0.3 is 5.11 Å². The average Bonchev–Trinajstić information content (AvgIpc) is 2.28. The van der Waals surface area contributed by atoms with Gasteiger partial charge in [0, 0.05) is 15.7 Å². The predicted octanol–water partition coefficient (Wildman–Crippen LogP) is 2.84. The largest absolute Gasteiger partial charge is 0.481 e. The Balaban J connectivity index is 2.41. The molecule has 2 rings (SSSR count). The van der Waals surface area contributed by atoms with E-state index in [-0.39, 0.29) is 6.42 Å². The first-order valence-electron chi connectivity index (χ1n) is 5.37. The average molecular weight is 307 g/mol. The van der Waals surface area contributed by atoms with Gasteiger partial charge in [-0.1, -0.05) is 28.1 Å². The number of benzene rings is 1. The van der Waals surface area contributed by atoms with Gasteiger partial charge in [-0.25, -0.2) is 9.97 Å². The van der Waals surface area contributed by atoms with Crippen LogP contribution in [0.25, 0.3) is 11.3 Å². The van der Waals surface area contributed by atoms with Crippen LogP contribution in [0.15, 0.2) is 34.8 Å². The number of nitrogens with zero attached hydrogens (tertiary/aromatic N) is 2. The first kappa shape index (κ1) is 12.7. The first-order chi connectivity index (χ1) is 8.54. The molecule has 92 valence electrons. The van der Waals surface area contributed by atoms with Gasteiger partial charge in [0.05, 0.1) is 5.69 Å². The number of hydrogen-bond acceptors (Lipinski definition) is 3. The number of carboxylic acid groups (broad SMARTS) is 1. The molecule has 18 heavy (non-hydrogen) atoms. The number of rotatable bonds is 3. The molecular formula is C13H11BrN2O2. The van der Waals surface area contributed by atoms with Gasteiger partial charge in [-0.05, 0) is 25.1 Å². The van der Waals surface area contributed by atoms with E-state index in [0.717, 1.165) is 21.4 Å². The van der Waals surface area contributed by atoms with Crippen molar-refractivity contribution in [3.63, 3.8) is 0 Å². The van der Waals surface area contributed by atoms with Gasteiger partial charge in [-0.15, -0.1) is 0 Å². The molecule has 0 aliphatic heterocycles. The lowest BCUT2D eigenvalue weighted by Crippen LogP contribution is -2.06. The molecule has 0 atom stereocenters. The van der Waals surface area contributed by atoms with Crippen molar-refractivity contribution in [2.75, 3.05) is 0 Å². The van der Waals surface area contributed by atoms with E-state index in [9.17, 15) is 4.79 Å². The van der Waals surface area contributed by atoms with Gasteiger partial charge in [-0.3, -0.25) is 4.79 Å². The summed E-state index contributed by atoms with van der Waals surface area (Å²) >= 11 is 3.37. The van der Waals surface area contributed by atoms with Gasteiger partial charge in [0.25, 0.3) is 0 Å². The Labute approximate surface area is 113 Å². The Bertz CT molecular complexity index is 582. The van der Waals surface area contributed by atoms with Gasteiger partial charge in [0.15, 0.2) is 0 Å². The summed E-state index contributed by atoms with van der Waals surface area (Å²) in [5.74, 6) is -0.595. The molecule has 1 aromatic heterocycles. The van der Waals surface area contributed by atoms with Gasteiger partial charge >= 0.3 is 5.97 Å². The summed E-state index contributed by atoms with van der Waals surface area (Å²) in [5, 5.41) is 8.77. The molecule has 0 amide bonds. The van der Waals surface area contributed by atoms with Crippen LogP contribution in [0.5, 0.6) is 0 Å². The second kappa shape index (κ2) is 5.27. The van der Waals surface area contributed by atoms with Crippen LogP contribution in [0.4, 0.5) is 0 Å². The van der Waals surface area contributed by atoms with Gasteiger partial charge in [-0.2, -0.15) is 0 Å². The van der Waals surface area contributed by atoms with Crippen LogP contribution in [0, 0.1) is 6.92 Å². The number of carboxylic acids is 1. The minimum absolute atomic E-state index is 0.161. The van der Waals surface area contributed by atoms with Gasteiger partial charge in [0.1, 0.15) is 12.2 Å². The van der Waals surface area contributed by atoms with Crippen LogP contribution in [-0.2, 0) is 11.2 Å². The minimum Gasteiger partial charge on any atom is -0.481 e. The van der Waals surface area contributed by atoms with Crippen LogP contribution in [-0.4, -0.2) is 21.0 Å². The van der Waals surface area contributed by atoms with Crippen LogP contribution >= 0.6 is 15.9 Å². The second-order valence-corrected chi connectivity index (χ2v) is 4.80. The molecule has 0 radical (unpaired) electrons. The van der Waals surface area contributed by atoms with Crippen molar-refractivity contribution < 1.29 is 9.90 Å². The molecule has 0 spiro atoms. The highest BCUT2D eigenvalue weighted by molar-refractivity contribution is 9.10. The lowest BCUT2D eigenvalue weighted by Gasteiger charge is -2.05. The third-order valence-electron chi connectivity index (χ3n) is 2.35. The molecule has 5 heteroatoms. The number of aryl methyl sites for hydroxylation is 1. The lowest BCUT2D eigenvalue weighted by molar-refractivity contribution is -0.136. The van der Waals surface area contributed by atoms with Crippen molar-refractivity contribution in [2.45, 2.75) is 13.3 Å². The van der Waals surface area contributed by atoms with Crippen molar-refractivity contribution in [3.8, 4) is 11.3 Å². The predicted molar refractivity (Wildman–Crippen MR) is 71.2 cm³/mol. The Kier molecular flexibility index (Phi) is 3.72. The molecule has 0 saturated heterocycles. The van der Waals surface area contributed by atoms with Crippen LogP contribution < -0.4 is 0 Å². The number of aliphatic carboxylic acids is 1. The number of halogens is 1. The Morgan fingerprint density at radius 3 is 2.56 bits per heavy atom. The van der Waals surface area contributed by atoms with Gasteiger partial charge in [0.2, 0.25) is 0 Å². The maximum Gasteiger partial charge on any atom is 0.311 e. The molecule has 0 bridgehead atoms. The first-order valence-corrected chi connectivity index (χ1v) is 6.16. The highest BCUT2D eigenvalue weighted by Gasteiger charge is 2.08. The van der Waals surface area contributed by atoms with Crippen molar-refractivity contribution in [2.24, 2.45) is 0 Å². The van der Waals surface area contributed by atoms with Crippen molar-refractivity contribution in [1.29, 1.82) is 0 Å². The van der Waals surface area contributed by atoms with E-state index in [1.807, 2.05) is 37.3 Å². The molecule has 4 nitrogen and oxygen atoms in total. The molecule has 0 aliphatic carbocycles. The van der Waals surface area contributed by atoms with E-state index < -0.39 is 5.97 Å². The fourth-order valence-corrected chi connectivity index (χ4v) is 1.88. The fourth-order valence-electron chi connectivity index (χ4n) is 1.61. The summed E-state index contributed by atoms with van der Waals surface area (Å²) in [6.45, 7) is 1.83. The zero-order valence-corrected chi connectivity index (χ0v) is 11.3. The SMILES string of the molecule is Cc1cc(-c2ccc(Br)cc2)nc(CC(=O)O)n1. The fraction of sp³-hybridized carbons (Fsp3) is 0.154. The van der Waals surface area contributed by atoms with Crippen LogP contribution in [0.3, 0.4) is 0 Å². The number of carbonyl (C=O) groups is 1. The zero-order valence-electron chi connectivity index (χ0n) is 9.72. The maximum atomic E-state index is 10.7. The standard InChI is InChI=1S/C13H11BrN2O2/c1-8-6-11(9-2-4-10(14)5-3-9)16-12(15-8)7-13(17)18/h2-6H,7H2,1H3,(H,17,18). The third kappa shape index (κ3) is 3.13. The summed E-state index contributed by atoms with van der Waals surface area (Å²) in [6, 6.07) is 9.54. The summed E-state index contributed by atoms with van der Waals surface area (Å²) in [5.41, 5.74) is 2.45. The molecule has 1 aromatic carbocycles. The topological polar surface area (TPSA) is 63.1 Å². The molecule has 1 N–H and O–H groups in total. The third-order valence-corrected chi connectivity index (χ3v) is 2.88. The van der Waals surface area contributed by atoms with E-state index in [4.69, 9.17) is 5.11 Å². The molecule has 0 unspecified atom stereocenters. The number of aromatic nitrogens is 2. The highest BCUT2D eigenvalue weighted by Crippen LogP contribution is 2.20. The molecule has 0 aliphatic rings. The molecular weight excluding hydrogens is 296 g/mol. The van der Waals surface area contributed by atoms with E-state index in [1.54, 1.807) is 0 Å². The summed E-state index contributed by atoms with van der Waals surface area (Å²) in [7, 11) is 0. The monoisotopic (exact) mass is 306 g/mol. The summed E-state index contributed by atoms with van der Waals surface area (Å²) in [6.07, 6.45) is -0.161. The quantitative estimate of drug-likeness (QED) is 0.947. The zero-order chi connectivity index (χ0) is 13.1. The van der Waals surface area contributed by atoms with E-state index in [0.29, 0.717) is 5.82 Å². The molecule has 0 fully saturated rings. The van der Waals surface area contributed by atoms with E-state index in [1.165, 1.54) is 0 Å².